The van der Waals surface area contributed by atoms with Crippen LogP contribution < -0.4 is 4.57 Å². The molecule has 3 aromatic rings. The zero-order valence-electron chi connectivity index (χ0n) is 14.0. The summed E-state index contributed by atoms with van der Waals surface area (Å²) in [4.78, 5) is 15.7. The molecule has 0 radical (unpaired) electrons. The van der Waals surface area contributed by atoms with Crippen molar-refractivity contribution in [2.45, 2.75) is 13.0 Å². The third kappa shape index (κ3) is 2.08. The molecule has 25 heavy (non-hydrogen) atoms. The van der Waals surface area contributed by atoms with Crippen LogP contribution in [0.15, 0.2) is 48.4 Å². The van der Waals surface area contributed by atoms with E-state index in [2.05, 4.69) is 40.0 Å². The lowest BCUT2D eigenvalue weighted by Gasteiger charge is -2.32. The van der Waals surface area contributed by atoms with Crippen molar-refractivity contribution in [3.63, 3.8) is 0 Å². The highest BCUT2D eigenvalue weighted by molar-refractivity contribution is 6.07. The number of fused-ring (bicyclic) bond motifs is 6. The Hall–Kier alpha value is -2.82. The fourth-order valence-corrected chi connectivity index (χ4v) is 4.31. The van der Waals surface area contributed by atoms with Gasteiger partial charge in [0.15, 0.2) is 12.7 Å². The molecule has 1 N–H and O–H groups in total. The summed E-state index contributed by atoms with van der Waals surface area (Å²) in [6, 6.07) is 10.5. The summed E-state index contributed by atoms with van der Waals surface area (Å²) >= 11 is 0. The Morgan fingerprint density at radius 3 is 3.04 bits per heavy atom. The molecule has 1 aromatic carbocycles. The molecule has 0 aliphatic carbocycles. The monoisotopic (exact) mass is 335 g/mol. The predicted octanol–water partition coefficient (Wildman–Crippen LogP) is 2.48. The predicted molar refractivity (Wildman–Crippen MR) is 92.7 cm³/mol. The molecule has 2 atom stereocenters. The van der Waals surface area contributed by atoms with E-state index >= 15 is 0 Å². The quantitative estimate of drug-likeness (QED) is 0.549. The number of hydrogen-bond donors (Lipinski definition) is 1. The second kappa shape index (κ2) is 5.34. The summed E-state index contributed by atoms with van der Waals surface area (Å²) in [6.07, 6.45) is 4.55. The van der Waals surface area contributed by atoms with Crippen LogP contribution in [0.4, 0.5) is 0 Å². The number of carbonyl (C=O) groups excluding carboxylic acids is 1. The van der Waals surface area contributed by atoms with Gasteiger partial charge in [-0.3, -0.25) is 0 Å². The molecule has 0 bridgehead atoms. The normalized spacial score (nSPS) is 22.0. The molecule has 2 aliphatic heterocycles. The Bertz CT molecular complexity index is 1030. The van der Waals surface area contributed by atoms with Gasteiger partial charge in [0.2, 0.25) is 5.69 Å². The van der Waals surface area contributed by atoms with E-state index in [1.165, 1.54) is 23.6 Å². The van der Waals surface area contributed by atoms with E-state index in [-0.39, 0.29) is 11.9 Å². The lowest BCUT2D eigenvalue weighted by atomic mass is 9.79. The Morgan fingerprint density at radius 1 is 1.28 bits per heavy atom. The topological polar surface area (TPSA) is 55.2 Å². The summed E-state index contributed by atoms with van der Waals surface area (Å²) in [7, 11) is 1.42. The summed E-state index contributed by atoms with van der Waals surface area (Å²) < 4.78 is 12.8. The molecular weight excluding hydrogens is 316 g/mol. The lowest BCUT2D eigenvalue weighted by molar-refractivity contribution is -0.716. The first-order valence-electron chi connectivity index (χ1n) is 8.58. The second-order valence-electron chi connectivity index (χ2n) is 6.84. The average molecular weight is 335 g/mol. The van der Waals surface area contributed by atoms with E-state index in [9.17, 15) is 4.79 Å². The van der Waals surface area contributed by atoms with E-state index in [0.717, 1.165) is 24.0 Å². The average Bonchev–Trinajstić information content (AvgIpc) is 3.04. The number of nitrogens with one attached hydrogen (secondary N) is 1. The van der Waals surface area contributed by atoms with Crippen molar-refractivity contribution in [1.29, 1.82) is 0 Å². The van der Waals surface area contributed by atoms with Crippen LogP contribution in [0.1, 0.15) is 5.69 Å². The first kappa shape index (κ1) is 14.5. The van der Waals surface area contributed by atoms with Gasteiger partial charge in [-0.1, -0.05) is 18.2 Å². The van der Waals surface area contributed by atoms with Crippen LogP contribution in [0.5, 0.6) is 0 Å². The number of esters is 1. The van der Waals surface area contributed by atoms with Crippen molar-refractivity contribution in [1.82, 2.24) is 4.98 Å². The van der Waals surface area contributed by atoms with E-state index in [1.54, 1.807) is 6.26 Å². The van der Waals surface area contributed by atoms with Gasteiger partial charge >= 0.3 is 5.97 Å². The van der Waals surface area contributed by atoms with Crippen molar-refractivity contribution in [2.24, 2.45) is 11.8 Å². The number of carbonyl (C=O) groups is 1. The Labute approximate surface area is 144 Å². The zero-order chi connectivity index (χ0) is 17.0. The molecule has 5 rings (SSSR count). The lowest BCUT2D eigenvalue weighted by Crippen LogP contribution is -2.51. The molecule has 0 saturated carbocycles. The number of nitrogens with zero attached hydrogens (tertiary/aromatic N) is 1. The Kier molecular flexibility index (Phi) is 3.10. The van der Waals surface area contributed by atoms with Crippen LogP contribution in [-0.4, -0.2) is 24.7 Å². The summed E-state index contributed by atoms with van der Waals surface area (Å²) in [5.74, 6) is 0.142. The Balaban J connectivity index is 1.67. The summed E-state index contributed by atoms with van der Waals surface area (Å²) in [6.45, 7) is 1.49. The molecule has 2 aromatic heterocycles. The number of aromatic amines is 1. The standard InChI is InChI=1S/C20H18N2O3/c1-24-20(23)16-11-25-10-12-9-22-7-6-14-13-4-2-3-5-17(13)21-19(14)18(22)8-15(12)16/h2-7,11-12,15H,8-10H2,1H3/p+1. The minimum absolute atomic E-state index is 0.137. The van der Waals surface area contributed by atoms with Gasteiger partial charge < -0.3 is 14.5 Å². The van der Waals surface area contributed by atoms with Crippen LogP contribution in [0.3, 0.4) is 0 Å². The van der Waals surface area contributed by atoms with Gasteiger partial charge in [0.1, 0.15) is 5.52 Å². The van der Waals surface area contributed by atoms with Gasteiger partial charge in [0.25, 0.3) is 0 Å². The highest BCUT2D eigenvalue weighted by Crippen LogP contribution is 2.35. The third-order valence-corrected chi connectivity index (χ3v) is 5.56. The van der Waals surface area contributed by atoms with Crippen LogP contribution in [0.2, 0.25) is 0 Å². The third-order valence-electron chi connectivity index (χ3n) is 5.56. The SMILES string of the molecule is COC(=O)C1=COCC2C[n+]3ccc4c([nH]c5ccccc54)c3CC12. The van der Waals surface area contributed by atoms with Gasteiger partial charge in [-0.2, -0.15) is 0 Å². The minimum atomic E-state index is -0.285. The van der Waals surface area contributed by atoms with Crippen LogP contribution in [-0.2, 0) is 27.2 Å². The molecule has 0 saturated heterocycles. The van der Waals surface area contributed by atoms with Gasteiger partial charge in [0.05, 0.1) is 31.5 Å². The number of para-hydroxylation sites is 1. The van der Waals surface area contributed by atoms with Gasteiger partial charge in [0, 0.05) is 34.7 Å². The van der Waals surface area contributed by atoms with E-state index in [4.69, 9.17) is 9.47 Å². The highest BCUT2D eigenvalue weighted by atomic mass is 16.5. The van der Waals surface area contributed by atoms with Crippen molar-refractivity contribution in [3.05, 3.63) is 54.1 Å². The van der Waals surface area contributed by atoms with E-state index < -0.39 is 0 Å². The molecule has 126 valence electrons. The smallest absolute Gasteiger partial charge is 0.337 e. The summed E-state index contributed by atoms with van der Waals surface area (Å²) in [5.41, 5.74) is 4.20. The Morgan fingerprint density at radius 2 is 2.16 bits per heavy atom. The molecule has 5 nitrogen and oxygen atoms in total. The van der Waals surface area contributed by atoms with Gasteiger partial charge in [-0.25, -0.2) is 9.36 Å². The number of rotatable bonds is 1. The number of benzene rings is 1. The number of methoxy groups -OCH3 is 1. The highest BCUT2D eigenvalue weighted by Gasteiger charge is 2.42. The first-order valence-corrected chi connectivity index (χ1v) is 8.58. The van der Waals surface area contributed by atoms with Crippen molar-refractivity contribution in [2.75, 3.05) is 13.7 Å². The number of H-pyrrole nitrogens is 1. The molecular formula is C20H19N2O3+. The van der Waals surface area contributed by atoms with Crippen molar-refractivity contribution >= 4 is 27.8 Å². The maximum atomic E-state index is 12.2. The molecule has 2 unspecified atom stereocenters. The molecule has 2 aliphatic rings. The number of ether oxygens (including phenoxy) is 2. The van der Waals surface area contributed by atoms with Crippen LogP contribution in [0.25, 0.3) is 21.8 Å². The zero-order valence-corrected chi connectivity index (χ0v) is 14.0. The van der Waals surface area contributed by atoms with Crippen molar-refractivity contribution < 1.29 is 18.8 Å². The molecule has 0 spiro atoms. The maximum absolute atomic E-state index is 12.2. The van der Waals surface area contributed by atoms with Crippen LogP contribution in [0, 0.1) is 11.8 Å². The number of hydrogen-bond acceptors (Lipinski definition) is 3. The minimum Gasteiger partial charge on any atom is -0.500 e. The first-order chi connectivity index (χ1) is 12.3. The van der Waals surface area contributed by atoms with Gasteiger partial charge in [-0.15, -0.1) is 0 Å². The molecule has 0 fully saturated rings. The van der Waals surface area contributed by atoms with Crippen molar-refractivity contribution in [3.8, 4) is 0 Å². The molecule has 4 heterocycles. The van der Waals surface area contributed by atoms with E-state index in [0.29, 0.717) is 18.1 Å². The number of pyridine rings is 1. The second-order valence-corrected chi connectivity index (χ2v) is 6.84. The van der Waals surface area contributed by atoms with E-state index in [1.807, 2.05) is 6.07 Å². The fourth-order valence-electron chi connectivity index (χ4n) is 4.31. The maximum Gasteiger partial charge on any atom is 0.337 e. The van der Waals surface area contributed by atoms with Crippen LogP contribution >= 0.6 is 0 Å². The largest absolute Gasteiger partial charge is 0.500 e. The summed E-state index contributed by atoms with van der Waals surface area (Å²) in [5, 5.41) is 2.47. The van der Waals surface area contributed by atoms with Gasteiger partial charge in [-0.05, 0) is 6.07 Å². The fraction of sp³-hybridized carbons (Fsp3) is 0.300. The molecule has 0 amide bonds. The number of aromatic nitrogens is 2. The molecule has 5 heteroatoms.